The number of allylic oxidation sites excluding steroid dienone is 3. The number of hydrogen-bond acceptors (Lipinski definition) is 5. The van der Waals surface area contributed by atoms with Crippen LogP contribution in [0.4, 0.5) is 0 Å². The van der Waals surface area contributed by atoms with E-state index in [4.69, 9.17) is 4.74 Å². The molecule has 0 fully saturated rings. The first kappa shape index (κ1) is 11.3. The van der Waals surface area contributed by atoms with Crippen molar-refractivity contribution in [2.24, 2.45) is 10.9 Å². The maximum absolute atomic E-state index is 11.6. The molecule has 0 aromatic carbocycles. The summed E-state index contributed by atoms with van der Waals surface area (Å²) in [6, 6.07) is 0. The van der Waals surface area contributed by atoms with Crippen molar-refractivity contribution >= 4 is 17.5 Å². The van der Waals surface area contributed by atoms with E-state index in [2.05, 4.69) is 9.73 Å². The van der Waals surface area contributed by atoms with Crippen LogP contribution in [0.5, 0.6) is 0 Å². The van der Waals surface area contributed by atoms with Gasteiger partial charge in [0.15, 0.2) is 5.78 Å². The van der Waals surface area contributed by atoms with Gasteiger partial charge in [0.1, 0.15) is 11.3 Å². The molecule has 2 aliphatic rings. The molecule has 0 saturated heterocycles. The van der Waals surface area contributed by atoms with Gasteiger partial charge in [-0.25, -0.2) is 4.79 Å². The van der Waals surface area contributed by atoms with Crippen LogP contribution in [0.25, 0.3) is 0 Å². The highest BCUT2D eigenvalue weighted by atomic mass is 16.5. The van der Waals surface area contributed by atoms with Gasteiger partial charge in [-0.3, -0.25) is 9.79 Å². The number of carbonyl (C=O) groups is 2. The van der Waals surface area contributed by atoms with Crippen molar-refractivity contribution in [3.8, 4) is 0 Å². The minimum absolute atomic E-state index is 0.0790. The SMILES string of the molecule is COC(=O)C1=CC2=NC=CC(=O)C2C=C1OC. The first-order valence-corrected chi connectivity index (χ1v) is 5.01. The molecule has 2 rings (SSSR count). The first-order valence-electron chi connectivity index (χ1n) is 5.01. The van der Waals surface area contributed by atoms with E-state index in [1.807, 2.05) is 0 Å². The maximum Gasteiger partial charge on any atom is 0.341 e. The summed E-state index contributed by atoms with van der Waals surface area (Å²) in [6.07, 6.45) is 5.92. The number of ether oxygens (including phenoxy) is 2. The summed E-state index contributed by atoms with van der Waals surface area (Å²) in [7, 11) is 2.73. The van der Waals surface area contributed by atoms with E-state index in [9.17, 15) is 9.59 Å². The molecular formula is C12H11NO4. The van der Waals surface area contributed by atoms with E-state index in [1.54, 1.807) is 6.08 Å². The zero-order valence-electron chi connectivity index (χ0n) is 9.47. The third-order valence-electron chi connectivity index (χ3n) is 2.59. The summed E-state index contributed by atoms with van der Waals surface area (Å²) in [5.74, 6) is -0.723. The van der Waals surface area contributed by atoms with Crippen molar-refractivity contribution in [1.29, 1.82) is 0 Å². The number of carbonyl (C=O) groups excluding carboxylic acids is 2. The number of rotatable bonds is 2. The zero-order valence-corrected chi connectivity index (χ0v) is 9.47. The third kappa shape index (κ3) is 1.91. The summed E-state index contributed by atoms with van der Waals surface area (Å²) in [5.41, 5.74) is 0.798. The van der Waals surface area contributed by atoms with Crippen LogP contribution in [0.15, 0.2) is 40.8 Å². The van der Waals surface area contributed by atoms with Gasteiger partial charge in [-0.15, -0.1) is 0 Å². The van der Waals surface area contributed by atoms with Gasteiger partial charge < -0.3 is 9.47 Å². The van der Waals surface area contributed by atoms with Crippen LogP contribution < -0.4 is 0 Å². The lowest BCUT2D eigenvalue weighted by Gasteiger charge is -2.21. The molecule has 5 heteroatoms. The maximum atomic E-state index is 11.6. The molecule has 0 aromatic rings. The Morgan fingerprint density at radius 2 is 2.18 bits per heavy atom. The third-order valence-corrected chi connectivity index (χ3v) is 2.59. The first-order chi connectivity index (χ1) is 8.17. The highest BCUT2D eigenvalue weighted by Gasteiger charge is 2.30. The van der Waals surface area contributed by atoms with Crippen LogP contribution in [0, 0.1) is 5.92 Å². The molecule has 5 nitrogen and oxygen atoms in total. The quantitative estimate of drug-likeness (QED) is 0.661. The molecule has 0 N–H and O–H groups in total. The minimum Gasteiger partial charge on any atom is -0.496 e. The van der Waals surface area contributed by atoms with E-state index in [1.165, 1.54) is 32.6 Å². The Labute approximate surface area is 98.1 Å². The Morgan fingerprint density at radius 3 is 2.82 bits per heavy atom. The topological polar surface area (TPSA) is 65.0 Å². The molecule has 1 aliphatic carbocycles. The molecule has 1 atom stereocenters. The predicted molar refractivity (Wildman–Crippen MR) is 60.3 cm³/mol. The van der Waals surface area contributed by atoms with Crippen LogP contribution in [-0.4, -0.2) is 31.7 Å². The highest BCUT2D eigenvalue weighted by molar-refractivity contribution is 6.20. The molecule has 0 amide bonds. The average Bonchev–Trinajstić information content (AvgIpc) is 2.37. The molecule has 1 aliphatic heterocycles. The monoisotopic (exact) mass is 233 g/mol. The second-order valence-electron chi connectivity index (χ2n) is 3.53. The van der Waals surface area contributed by atoms with Gasteiger partial charge in [0.05, 0.1) is 25.8 Å². The summed E-state index contributed by atoms with van der Waals surface area (Å²) < 4.78 is 9.73. The fourth-order valence-electron chi connectivity index (χ4n) is 1.73. The van der Waals surface area contributed by atoms with Crippen LogP contribution in [0.2, 0.25) is 0 Å². The molecule has 0 bridgehead atoms. The van der Waals surface area contributed by atoms with E-state index in [0.29, 0.717) is 11.5 Å². The van der Waals surface area contributed by atoms with Crippen molar-refractivity contribution in [3.63, 3.8) is 0 Å². The van der Waals surface area contributed by atoms with Crippen molar-refractivity contribution in [1.82, 2.24) is 0 Å². The summed E-state index contributed by atoms with van der Waals surface area (Å²) >= 11 is 0. The second-order valence-corrected chi connectivity index (χ2v) is 3.53. The Hall–Kier alpha value is -2.17. The Kier molecular flexibility index (Phi) is 2.91. The Bertz CT molecular complexity index is 497. The minimum atomic E-state index is -0.513. The van der Waals surface area contributed by atoms with Gasteiger partial charge in [-0.2, -0.15) is 0 Å². The Morgan fingerprint density at radius 1 is 1.41 bits per heavy atom. The van der Waals surface area contributed by atoms with E-state index in [-0.39, 0.29) is 11.4 Å². The lowest BCUT2D eigenvalue weighted by molar-refractivity contribution is -0.136. The van der Waals surface area contributed by atoms with Gasteiger partial charge >= 0.3 is 5.97 Å². The lowest BCUT2D eigenvalue weighted by atomic mass is 9.88. The van der Waals surface area contributed by atoms with Crippen molar-refractivity contribution in [2.75, 3.05) is 14.2 Å². The fraction of sp³-hybridized carbons (Fsp3) is 0.250. The van der Waals surface area contributed by atoms with E-state index >= 15 is 0 Å². The zero-order chi connectivity index (χ0) is 12.4. The molecule has 0 spiro atoms. The van der Waals surface area contributed by atoms with Gasteiger partial charge in [0, 0.05) is 12.3 Å². The highest BCUT2D eigenvalue weighted by Crippen LogP contribution is 2.25. The number of aliphatic imine (C=N–C) groups is 1. The molecule has 1 unspecified atom stereocenters. The summed E-state index contributed by atoms with van der Waals surface area (Å²) in [4.78, 5) is 27.2. The smallest absolute Gasteiger partial charge is 0.341 e. The molecule has 1 heterocycles. The molecule has 0 aromatic heterocycles. The second kappa shape index (κ2) is 4.37. The Balaban J connectivity index is 2.44. The predicted octanol–water partition coefficient (Wildman–Crippen LogP) is 0.783. The van der Waals surface area contributed by atoms with E-state index in [0.717, 1.165) is 0 Å². The van der Waals surface area contributed by atoms with Crippen molar-refractivity contribution in [2.45, 2.75) is 0 Å². The number of ketones is 1. The number of hydrogen-bond donors (Lipinski definition) is 0. The number of methoxy groups -OCH3 is 2. The normalized spacial score (nSPS) is 22.1. The summed E-state index contributed by atoms with van der Waals surface area (Å²) in [5, 5.41) is 0. The van der Waals surface area contributed by atoms with Crippen LogP contribution in [0.1, 0.15) is 0 Å². The van der Waals surface area contributed by atoms with Gasteiger partial charge in [-0.05, 0) is 12.2 Å². The molecule has 88 valence electrons. The van der Waals surface area contributed by atoms with Gasteiger partial charge in [0.2, 0.25) is 0 Å². The molecule has 17 heavy (non-hydrogen) atoms. The molecule has 0 radical (unpaired) electrons. The largest absolute Gasteiger partial charge is 0.496 e. The number of nitrogens with zero attached hydrogens (tertiary/aromatic N) is 1. The van der Waals surface area contributed by atoms with Crippen LogP contribution in [0.3, 0.4) is 0 Å². The fourth-order valence-corrected chi connectivity index (χ4v) is 1.73. The number of fused-ring (bicyclic) bond motifs is 1. The van der Waals surface area contributed by atoms with Crippen LogP contribution >= 0.6 is 0 Å². The molecule has 0 saturated carbocycles. The molecular weight excluding hydrogens is 222 g/mol. The lowest BCUT2D eigenvalue weighted by Crippen LogP contribution is -2.27. The van der Waals surface area contributed by atoms with Gasteiger partial charge in [0.25, 0.3) is 0 Å². The van der Waals surface area contributed by atoms with E-state index < -0.39 is 11.9 Å². The van der Waals surface area contributed by atoms with Gasteiger partial charge in [-0.1, -0.05) is 0 Å². The number of esters is 1. The summed E-state index contributed by atoms with van der Waals surface area (Å²) in [6.45, 7) is 0. The standard InChI is InChI=1S/C12H11NO4/c1-16-11-6-7-9(13-4-3-10(7)14)5-8(11)12(15)17-2/h3-7H,1-2H3. The average molecular weight is 233 g/mol. The van der Waals surface area contributed by atoms with Crippen molar-refractivity contribution < 1.29 is 19.1 Å². The van der Waals surface area contributed by atoms with Crippen molar-refractivity contribution in [3.05, 3.63) is 35.8 Å². The van der Waals surface area contributed by atoms with Crippen LogP contribution in [-0.2, 0) is 19.1 Å².